The van der Waals surface area contributed by atoms with Crippen LogP contribution in [0.4, 0.5) is 0 Å². The van der Waals surface area contributed by atoms with E-state index in [0.29, 0.717) is 25.0 Å². The Bertz CT molecular complexity index is 1560. The molecule has 3 heterocycles. The first-order valence-electron chi connectivity index (χ1n) is 15.2. The Hall–Kier alpha value is -2.90. The van der Waals surface area contributed by atoms with Gasteiger partial charge in [0.05, 0.1) is 21.5 Å². The van der Waals surface area contributed by atoms with Gasteiger partial charge < -0.3 is 15.5 Å². The fraction of sp³-hybridized carbons (Fsp3) is 0.645. The number of thiazole rings is 1. The number of aromatic nitrogens is 1. The lowest BCUT2D eigenvalue weighted by Crippen LogP contribution is -2.60. The molecule has 3 N–H and O–H groups in total. The lowest BCUT2D eigenvalue weighted by molar-refractivity contribution is -0.143. The van der Waals surface area contributed by atoms with Crippen LogP contribution in [0.5, 0.6) is 0 Å². The van der Waals surface area contributed by atoms with Crippen molar-refractivity contribution < 1.29 is 27.6 Å². The summed E-state index contributed by atoms with van der Waals surface area (Å²) in [5.41, 5.74) is -0.300. The van der Waals surface area contributed by atoms with Gasteiger partial charge in [-0.05, 0) is 61.5 Å². The predicted octanol–water partition coefficient (Wildman–Crippen LogP) is 2.72. The summed E-state index contributed by atoms with van der Waals surface area (Å²) in [5.74, 6) is -2.01. The van der Waals surface area contributed by atoms with Crippen molar-refractivity contribution in [2.75, 3.05) is 13.1 Å². The van der Waals surface area contributed by atoms with E-state index < -0.39 is 56.5 Å². The number of benzene rings is 1. The van der Waals surface area contributed by atoms with Crippen LogP contribution in [0, 0.1) is 28.6 Å². The molecule has 1 aliphatic carbocycles. The number of carbonyl (C=O) groups excluding carboxylic acids is 4. The van der Waals surface area contributed by atoms with Crippen molar-refractivity contribution in [3.63, 3.8) is 0 Å². The van der Waals surface area contributed by atoms with Crippen molar-refractivity contribution >= 4 is 55.1 Å². The summed E-state index contributed by atoms with van der Waals surface area (Å²) >= 11 is 1.24. The third-order valence-electron chi connectivity index (χ3n) is 9.60. The van der Waals surface area contributed by atoms with Gasteiger partial charge in [-0.1, -0.05) is 46.8 Å². The standard InChI is InChI=1S/C31H43N5O6S2/c1-16(2)44(41,42)35-25(30(3,4)5)29(40)36-15-18-22(31(18,6)7)23(36)27(39)33-20(14-17-12-13-32-26(17)38)24(37)28-34-19-10-8-9-11-21(19)43-28/h8-11,16-18,20,22-23,25,35H,12-15H2,1-7H3,(H,32,38)(H,33,39)/t17-,18-,20?,22-,23-,25?/m0/s1. The SMILES string of the molecule is CC(C)S(=O)(=O)NC(C(=O)N1C[C@H]2[C@@H]([C@H]1C(=O)NC(C[C@@H]1CCNC1=O)C(=O)c1nc3ccccc3s1)C2(C)C)C(C)(C)C. The molecule has 1 aromatic heterocycles. The van der Waals surface area contributed by atoms with Crippen LogP contribution < -0.4 is 15.4 Å². The zero-order valence-electron chi connectivity index (χ0n) is 26.3. The number of hydrogen-bond donors (Lipinski definition) is 3. The van der Waals surface area contributed by atoms with E-state index in [9.17, 15) is 27.6 Å². The minimum atomic E-state index is -3.80. The zero-order valence-corrected chi connectivity index (χ0v) is 28.0. The van der Waals surface area contributed by atoms with Crippen molar-refractivity contribution in [3.05, 3.63) is 29.3 Å². The number of rotatable bonds is 10. The molecule has 2 aliphatic heterocycles. The van der Waals surface area contributed by atoms with Gasteiger partial charge in [0.2, 0.25) is 33.5 Å². The van der Waals surface area contributed by atoms with Crippen LogP contribution >= 0.6 is 11.3 Å². The van der Waals surface area contributed by atoms with Crippen LogP contribution in [0.2, 0.25) is 0 Å². The number of para-hydroxylation sites is 1. The van der Waals surface area contributed by atoms with Crippen molar-refractivity contribution in [1.29, 1.82) is 0 Å². The zero-order chi connectivity index (χ0) is 32.4. The van der Waals surface area contributed by atoms with Gasteiger partial charge in [0.1, 0.15) is 12.1 Å². The fourth-order valence-electron chi connectivity index (χ4n) is 6.65. The summed E-state index contributed by atoms with van der Waals surface area (Å²) < 4.78 is 29.2. The van der Waals surface area contributed by atoms with Crippen molar-refractivity contribution in [2.24, 2.45) is 28.6 Å². The molecule has 240 valence electrons. The normalized spacial score (nSPS) is 25.9. The van der Waals surface area contributed by atoms with Crippen molar-refractivity contribution in [2.45, 2.75) is 84.7 Å². The summed E-state index contributed by atoms with van der Waals surface area (Å²) in [5, 5.41) is 5.24. The molecule has 0 spiro atoms. The quantitative estimate of drug-likeness (QED) is 0.336. The number of carbonyl (C=O) groups is 4. The molecular formula is C31H43N5O6S2. The number of Topliss-reactive ketones (excluding diaryl/α,β-unsaturated/α-hetero) is 1. The summed E-state index contributed by atoms with van der Waals surface area (Å²) in [4.78, 5) is 60.8. The second-order valence-electron chi connectivity index (χ2n) is 14.3. The van der Waals surface area contributed by atoms with Crippen molar-refractivity contribution in [3.8, 4) is 0 Å². The molecule has 2 saturated heterocycles. The van der Waals surface area contributed by atoms with Gasteiger partial charge >= 0.3 is 0 Å². The summed E-state index contributed by atoms with van der Waals surface area (Å²) in [6.45, 7) is 13.4. The first kappa shape index (κ1) is 32.5. The highest BCUT2D eigenvalue weighted by Crippen LogP contribution is 2.65. The third kappa shape index (κ3) is 6.02. The smallest absolute Gasteiger partial charge is 0.243 e. The first-order valence-corrected chi connectivity index (χ1v) is 17.6. The topological polar surface area (TPSA) is 155 Å². The van der Waals surface area contributed by atoms with Gasteiger partial charge in [-0.15, -0.1) is 11.3 Å². The molecule has 1 aromatic carbocycles. The summed E-state index contributed by atoms with van der Waals surface area (Å²) in [7, 11) is -3.80. The number of piperidine rings is 1. The molecule has 11 nitrogen and oxygen atoms in total. The maximum absolute atomic E-state index is 14.2. The lowest BCUT2D eigenvalue weighted by atomic mass is 9.86. The lowest BCUT2D eigenvalue weighted by Gasteiger charge is -2.38. The van der Waals surface area contributed by atoms with Gasteiger partial charge in [0.25, 0.3) is 0 Å². The molecule has 2 aromatic rings. The highest BCUT2D eigenvalue weighted by Gasteiger charge is 2.70. The van der Waals surface area contributed by atoms with Gasteiger partial charge in [0, 0.05) is 19.0 Å². The second kappa shape index (κ2) is 11.5. The minimum absolute atomic E-state index is 0.0588. The Kier molecular flexibility index (Phi) is 8.47. The molecule has 44 heavy (non-hydrogen) atoms. The van der Waals surface area contributed by atoms with Crippen molar-refractivity contribution in [1.82, 2.24) is 25.2 Å². The molecule has 5 rings (SSSR count). The first-order chi connectivity index (χ1) is 20.4. The van der Waals surface area contributed by atoms with E-state index in [-0.39, 0.29) is 40.4 Å². The van der Waals surface area contributed by atoms with E-state index in [4.69, 9.17) is 0 Å². The largest absolute Gasteiger partial charge is 0.356 e. The van der Waals surface area contributed by atoms with E-state index in [1.165, 1.54) is 16.2 Å². The number of ketones is 1. The van der Waals surface area contributed by atoms with Crippen LogP contribution in [-0.4, -0.2) is 78.3 Å². The van der Waals surface area contributed by atoms with E-state index in [1.807, 2.05) is 24.3 Å². The van der Waals surface area contributed by atoms with E-state index in [1.54, 1.807) is 34.6 Å². The maximum atomic E-state index is 14.2. The maximum Gasteiger partial charge on any atom is 0.243 e. The third-order valence-corrected chi connectivity index (χ3v) is 12.5. The molecule has 0 radical (unpaired) electrons. The van der Waals surface area contributed by atoms with Crippen LogP contribution in [0.15, 0.2) is 24.3 Å². The summed E-state index contributed by atoms with van der Waals surface area (Å²) in [6.07, 6.45) is 0.663. The molecular weight excluding hydrogens is 603 g/mol. The number of sulfonamides is 1. The average Bonchev–Trinajstić information content (AvgIpc) is 3.45. The highest BCUT2D eigenvalue weighted by molar-refractivity contribution is 7.90. The average molecular weight is 646 g/mol. The van der Waals surface area contributed by atoms with E-state index >= 15 is 0 Å². The molecule has 3 aliphatic rings. The van der Waals surface area contributed by atoms with E-state index in [2.05, 4.69) is 34.2 Å². The van der Waals surface area contributed by atoms with Gasteiger partial charge in [0.15, 0.2) is 5.01 Å². The Morgan fingerprint density at radius 3 is 2.45 bits per heavy atom. The Morgan fingerprint density at radius 2 is 1.86 bits per heavy atom. The minimum Gasteiger partial charge on any atom is -0.356 e. The Morgan fingerprint density at radius 1 is 1.18 bits per heavy atom. The van der Waals surface area contributed by atoms with Crippen LogP contribution in [-0.2, 0) is 24.4 Å². The van der Waals surface area contributed by atoms with Crippen LogP contribution in [0.25, 0.3) is 10.2 Å². The molecule has 3 fully saturated rings. The molecule has 2 unspecified atom stereocenters. The molecule has 3 amide bonds. The summed E-state index contributed by atoms with van der Waals surface area (Å²) in [6, 6.07) is 4.39. The Labute approximate surface area is 263 Å². The fourth-order valence-corrected chi connectivity index (χ4v) is 8.66. The molecule has 0 bridgehead atoms. The van der Waals surface area contributed by atoms with E-state index in [0.717, 1.165) is 4.70 Å². The van der Waals surface area contributed by atoms with Crippen LogP contribution in [0.3, 0.4) is 0 Å². The second-order valence-corrected chi connectivity index (χ2v) is 17.6. The van der Waals surface area contributed by atoms with Gasteiger partial charge in [-0.25, -0.2) is 18.1 Å². The molecule has 1 saturated carbocycles. The number of fused-ring (bicyclic) bond motifs is 2. The number of hydrogen-bond acceptors (Lipinski definition) is 8. The Balaban J connectivity index is 1.44. The molecule has 13 heteroatoms. The monoisotopic (exact) mass is 645 g/mol. The van der Waals surface area contributed by atoms with Gasteiger partial charge in [-0.2, -0.15) is 0 Å². The van der Waals surface area contributed by atoms with Crippen LogP contribution in [0.1, 0.15) is 71.1 Å². The molecule has 6 atom stereocenters. The highest BCUT2D eigenvalue weighted by atomic mass is 32.2. The van der Waals surface area contributed by atoms with Gasteiger partial charge in [-0.3, -0.25) is 19.2 Å². The number of nitrogens with zero attached hydrogens (tertiary/aromatic N) is 2. The number of amides is 3. The number of nitrogens with one attached hydrogen (secondary N) is 3. The number of likely N-dealkylation sites (tertiary alicyclic amines) is 1. The predicted molar refractivity (Wildman–Crippen MR) is 168 cm³/mol.